The molecule has 18 heavy (non-hydrogen) atoms. The number of hydrogen-bond donors (Lipinski definition) is 1. The van der Waals surface area contributed by atoms with Crippen LogP contribution in [0.4, 0.5) is 13.2 Å². The second-order valence-corrected chi connectivity index (χ2v) is 5.89. The van der Waals surface area contributed by atoms with Crippen molar-refractivity contribution in [3.8, 4) is 0 Å². The van der Waals surface area contributed by atoms with Crippen molar-refractivity contribution in [2.24, 2.45) is 11.8 Å². The molecule has 1 atom stereocenters. The van der Waals surface area contributed by atoms with Gasteiger partial charge in [0.1, 0.15) is 0 Å². The monoisotopic (exact) mass is 264 g/mol. The van der Waals surface area contributed by atoms with Crippen LogP contribution >= 0.6 is 0 Å². The van der Waals surface area contributed by atoms with Crippen LogP contribution in [0.5, 0.6) is 0 Å². The molecule has 1 aliphatic carbocycles. The van der Waals surface area contributed by atoms with Crippen LogP contribution in [0.2, 0.25) is 0 Å². The molecule has 1 heterocycles. The largest absolute Gasteiger partial charge is 0.401 e. The fourth-order valence-corrected chi connectivity index (χ4v) is 2.73. The average Bonchev–Trinajstić information content (AvgIpc) is 3.09. The van der Waals surface area contributed by atoms with Crippen LogP contribution in [0, 0.1) is 11.8 Å². The molecular formula is C13H23F3N2. The highest BCUT2D eigenvalue weighted by molar-refractivity contribution is 4.83. The van der Waals surface area contributed by atoms with Gasteiger partial charge in [0.2, 0.25) is 0 Å². The van der Waals surface area contributed by atoms with E-state index in [2.05, 4.69) is 12.2 Å². The molecule has 0 aromatic heterocycles. The molecule has 2 aliphatic rings. The van der Waals surface area contributed by atoms with Crippen molar-refractivity contribution < 1.29 is 13.2 Å². The van der Waals surface area contributed by atoms with Gasteiger partial charge in [-0.05, 0) is 57.2 Å². The van der Waals surface area contributed by atoms with Crippen molar-refractivity contribution in [1.29, 1.82) is 0 Å². The summed E-state index contributed by atoms with van der Waals surface area (Å²) in [5.74, 6) is 1.61. The maximum atomic E-state index is 12.2. The van der Waals surface area contributed by atoms with Gasteiger partial charge in [0.15, 0.2) is 0 Å². The van der Waals surface area contributed by atoms with Crippen molar-refractivity contribution in [2.45, 2.75) is 44.8 Å². The highest BCUT2D eigenvalue weighted by Gasteiger charge is 2.33. The summed E-state index contributed by atoms with van der Waals surface area (Å²) in [5.41, 5.74) is 0. The summed E-state index contributed by atoms with van der Waals surface area (Å²) < 4.78 is 36.7. The molecule has 2 fully saturated rings. The standard InChI is InChI=1S/C13H23F3N2/c1-10(11-2-3-11)8-17-12-4-6-18(7-5-12)9-13(14,15)16/h10-12,17H,2-9H2,1H3. The van der Waals surface area contributed by atoms with Gasteiger partial charge < -0.3 is 5.32 Å². The number of likely N-dealkylation sites (tertiary alicyclic amines) is 1. The second-order valence-electron chi connectivity index (χ2n) is 5.89. The first kappa shape index (κ1) is 14.1. The minimum Gasteiger partial charge on any atom is -0.314 e. The third-order valence-electron chi connectivity index (χ3n) is 4.15. The lowest BCUT2D eigenvalue weighted by molar-refractivity contribution is -0.148. The zero-order valence-corrected chi connectivity index (χ0v) is 11.0. The molecule has 0 bridgehead atoms. The topological polar surface area (TPSA) is 15.3 Å². The molecule has 2 rings (SSSR count). The Bertz CT molecular complexity index is 255. The highest BCUT2D eigenvalue weighted by Crippen LogP contribution is 2.36. The van der Waals surface area contributed by atoms with Crippen LogP contribution in [-0.2, 0) is 0 Å². The van der Waals surface area contributed by atoms with Gasteiger partial charge >= 0.3 is 6.18 Å². The summed E-state index contributed by atoms with van der Waals surface area (Å²) in [5, 5.41) is 3.52. The first-order valence-electron chi connectivity index (χ1n) is 6.96. The number of nitrogens with one attached hydrogen (secondary N) is 1. The Balaban J connectivity index is 1.60. The number of alkyl halides is 3. The maximum Gasteiger partial charge on any atom is 0.401 e. The van der Waals surface area contributed by atoms with Gasteiger partial charge in [0.25, 0.3) is 0 Å². The SMILES string of the molecule is CC(CNC1CCN(CC(F)(F)F)CC1)C1CC1. The minimum absolute atomic E-state index is 0.413. The average molecular weight is 264 g/mol. The van der Waals surface area contributed by atoms with Gasteiger partial charge in [-0.15, -0.1) is 0 Å². The Morgan fingerprint density at radius 1 is 1.17 bits per heavy atom. The van der Waals surface area contributed by atoms with Gasteiger partial charge in [-0.3, -0.25) is 4.90 Å². The van der Waals surface area contributed by atoms with Crippen LogP contribution in [0.1, 0.15) is 32.6 Å². The van der Waals surface area contributed by atoms with E-state index in [4.69, 9.17) is 0 Å². The van der Waals surface area contributed by atoms with Crippen molar-refractivity contribution >= 4 is 0 Å². The number of halogens is 3. The van der Waals surface area contributed by atoms with Crippen molar-refractivity contribution in [3.05, 3.63) is 0 Å². The first-order valence-corrected chi connectivity index (χ1v) is 6.96. The summed E-state index contributed by atoms with van der Waals surface area (Å²) >= 11 is 0. The Hall–Kier alpha value is -0.290. The normalized spacial score (nSPS) is 25.3. The van der Waals surface area contributed by atoms with Gasteiger partial charge in [-0.2, -0.15) is 13.2 Å². The summed E-state index contributed by atoms with van der Waals surface area (Å²) in [6.07, 6.45) is 0.335. The van der Waals surface area contributed by atoms with Gasteiger partial charge in [0.05, 0.1) is 6.54 Å². The third-order valence-corrected chi connectivity index (χ3v) is 4.15. The van der Waals surface area contributed by atoms with E-state index in [-0.39, 0.29) is 0 Å². The smallest absolute Gasteiger partial charge is 0.314 e. The van der Waals surface area contributed by atoms with Crippen molar-refractivity contribution in [1.82, 2.24) is 10.2 Å². The molecule has 106 valence electrons. The maximum absolute atomic E-state index is 12.2. The van der Waals surface area contributed by atoms with E-state index in [0.717, 1.165) is 31.2 Å². The molecule has 0 aromatic carbocycles. The number of hydrogen-bond acceptors (Lipinski definition) is 2. The lowest BCUT2D eigenvalue weighted by Gasteiger charge is -2.33. The van der Waals surface area contributed by atoms with Crippen LogP contribution < -0.4 is 5.32 Å². The molecule has 0 spiro atoms. The second kappa shape index (κ2) is 5.78. The van der Waals surface area contributed by atoms with Gasteiger partial charge in [-0.1, -0.05) is 6.92 Å². The molecule has 1 aliphatic heterocycles. The van der Waals surface area contributed by atoms with E-state index in [1.54, 1.807) is 0 Å². The van der Waals surface area contributed by atoms with E-state index < -0.39 is 12.7 Å². The minimum atomic E-state index is -4.05. The fraction of sp³-hybridized carbons (Fsp3) is 1.00. The molecule has 0 radical (unpaired) electrons. The third kappa shape index (κ3) is 4.76. The predicted molar refractivity (Wildman–Crippen MR) is 65.4 cm³/mol. The van der Waals surface area contributed by atoms with Crippen LogP contribution in [0.25, 0.3) is 0 Å². The van der Waals surface area contributed by atoms with Crippen LogP contribution in [0.3, 0.4) is 0 Å². The quantitative estimate of drug-likeness (QED) is 0.821. The number of rotatable bonds is 5. The zero-order valence-electron chi connectivity index (χ0n) is 11.0. The van der Waals surface area contributed by atoms with E-state index in [1.165, 1.54) is 17.7 Å². The molecule has 0 aromatic rings. The summed E-state index contributed by atoms with van der Waals surface area (Å²) in [6.45, 7) is 3.67. The molecule has 5 heteroatoms. The van der Waals surface area contributed by atoms with E-state index in [0.29, 0.717) is 19.1 Å². The van der Waals surface area contributed by atoms with Crippen molar-refractivity contribution in [3.63, 3.8) is 0 Å². The van der Waals surface area contributed by atoms with E-state index in [1.807, 2.05) is 0 Å². The molecule has 1 unspecified atom stereocenters. The summed E-state index contributed by atoms with van der Waals surface area (Å²) in [4.78, 5) is 1.52. The molecule has 1 saturated carbocycles. The van der Waals surface area contributed by atoms with E-state index >= 15 is 0 Å². The Labute approximate surface area is 107 Å². The Morgan fingerprint density at radius 2 is 1.78 bits per heavy atom. The summed E-state index contributed by atoms with van der Waals surface area (Å²) in [6, 6.07) is 0.413. The molecule has 1 N–H and O–H groups in total. The number of nitrogens with zero attached hydrogens (tertiary/aromatic N) is 1. The molecule has 2 nitrogen and oxygen atoms in total. The van der Waals surface area contributed by atoms with Gasteiger partial charge in [0, 0.05) is 6.04 Å². The van der Waals surface area contributed by atoms with E-state index in [9.17, 15) is 13.2 Å². The van der Waals surface area contributed by atoms with Gasteiger partial charge in [-0.25, -0.2) is 0 Å². The fourth-order valence-electron chi connectivity index (χ4n) is 2.73. The molecule has 1 saturated heterocycles. The van der Waals surface area contributed by atoms with Crippen molar-refractivity contribution in [2.75, 3.05) is 26.2 Å². The Kier molecular flexibility index (Phi) is 4.54. The van der Waals surface area contributed by atoms with Crippen LogP contribution in [0.15, 0.2) is 0 Å². The zero-order chi connectivity index (χ0) is 13.2. The highest BCUT2D eigenvalue weighted by atomic mass is 19.4. The summed E-state index contributed by atoms with van der Waals surface area (Å²) in [7, 11) is 0. The lowest BCUT2D eigenvalue weighted by atomic mass is 10.0. The first-order chi connectivity index (χ1) is 8.44. The number of piperidine rings is 1. The van der Waals surface area contributed by atoms with Crippen LogP contribution in [-0.4, -0.2) is 43.3 Å². The predicted octanol–water partition coefficient (Wildman–Crippen LogP) is 2.65. The Morgan fingerprint density at radius 3 is 2.28 bits per heavy atom. The molecule has 0 amide bonds. The lowest BCUT2D eigenvalue weighted by Crippen LogP contribution is -2.46. The molecular weight excluding hydrogens is 241 g/mol.